The summed E-state index contributed by atoms with van der Waals surface area (Å²) in [5.74, 6) is 0.102. The van der Waals surface area contributed by atoms with Gasteiger partial charge < -0.3 is 10.1 Å². The Hall–Kier alpha value is -3.78. The molecule has 3 aromatic carbocycles. The summed E-state index contributed by atoms with van der Waals surface area (Å²) >= 11 is 1.29. The molecular formula is C26H23N3O4S. The number of carbonyl (C=O) groups excluding carboxylic acids is 3. The van der Waals surface area contributed by atoms with Crippen molar-refractivity contribution in [3.05, 3.63) is 90.0 Å². The minimum atomic E-state index is -1.25. The molecule has 8 heteroatoms. The number of methoxy groups -OCH3 is 1. The molecule has 3 amide bonds. The Labute approximate surface area is 201 Å². The lowest BCUT2D eigenvalue weighted by Gasteiger charge is -2.33. The van der Waals surface area contributed by atoms with E-state index in [0.29, 0.717) is 29.2 Å². The summed E-state index contributed by atoms with van der Waals surface area (Å²) in [5, 5.41) is 2.89. The van der Waals surface area contributed by atoms with Gasteiger partial charge in [-0.3, -0.25) is 24.2 Å². The first-order valence-electron chi connectivity index (χ1n) is 10.9. The number of hydrogen-bond donors (Lipinski definition) is 1. The number of para-hydroxylation sites is 1. The van der Waals surface area contributed by atoms with E-state index in [0.717, 1.165) is 5.56 Å². The van der Waals surface area contributed by atoms with E-state index in [1.54, 1.807) is 36.3 Å². The number of benzene rings is 3. The highest BCUT2D eigenvalue weighted by molar-refractivity contribution is 8.02. The fourth-order valence-electron chi connectivity index (χ4n) is 4.44. The Morgan fingerprint density at radius 3 is 2.44 bits per heavy atom. The molecule has 2 heterocycles. The molecule has 34 heavy (non-hydrogen) atoms. The minimum Gasteiger partial charge on any atom is -0.497 e. The zero-order valence-electron chi connectivity index (χ0n) is 18.6. The van der Waals surface area contributed by atoms with Crippen molar-refractivity contribution in [2.75, 3.05) is 29.2 Å². The number of ether oxygens (including phenoxy) is 1. The maximum Gasteiger partial charge on any atom is 0.269 e. The molecule has 2 aliphatic rings. The predicted octanol–water partition coefficient (Wildman–Crippen LogP) is 3.29. The number of nitrogens with one attached hydrogen (secondary N) is 1. The van der Waals surface area contributed by atoms with Crippen LogP contribution in [0.5, 0.6) is 5.75 Å². The summed E-state index contributed by atoms with van der Waals surface area (Å²) in [5.41, 5.74) is 2.93. The van der Waals surface area contributed by atoms with Crippen molar-refractivity contribution in [3.63, 3.8) is 0 Å². The molecule has 0 bridgehead atoms. The molecule has 2 aliphatic heterocycles. The van der Waals surface area contributed by atoms with E-state index >= 15 is 0 Å². The molecule has 1 N–H and O–H groups in total. The highest BCUT2D eigenvalue weighted by Gasteiger charge is 2.61. The number of thioether (sulfide) groups is 1. The smallest absolute Gasteiger partial charge is 0.269 e. The largest absolute Gasteiger partial charge is 0.497 e. The molecule has 0 saturated carbocycles. The van der Waals surface area contributed by atoms with Gasteiger partial charge in [-0.05, 0) is 35.9 Å². The Morgan fingerprint density at radius 1 is 1.00 bits per heavy atom. The Balaban J connectivity index is 1.46. The van der Waals surface area contributed by atoms with Gasteiger partial charge in [0.05, 0.1) is 18.6 Å². The summed E-state index contributed by atoms with van der Waals surface area (Å²) in [6.07, 6.45) is 0. The molecule has 3 aromatic rings. The lowest BCUT2D eigenvalue weighted by Crippen LogP contribution is -2.51. The maximum absolute atomic E-state index is 14.0. The topological polar surface area (TPSA) is 79.0 Å². The van der Waals surface area contributed by atoms with Gasteiger partial charge in [-0.1, -0.05) is 48.5 Å². The van der Waals surface area contributed by atoms with Crippen LogP contribution >= 0.6 is 11.8 Å². The zero-order chi connectivity index (χ0) is 23.7. The van der Waals surface area contributed by atoms with E-state index in [9.17, 15) is 14.4 Å². The van der Waals surface area contributed by atoms with Gasteiger partial charge in [0.15, 0.2) is 0 Å². The van der Waals surface area contributed by atoms with Crippen LogP contribution in [-0.2, 0) is 25.8 Å². The number of carbonyl (C=O) groups is 3. The van der Waals surface area contributed by atoms with Crippen molar-refractivity contribution in [2.45, 2.75) is 11.4 Å². The fraction of sp³-hybridized carbons (Fsp3) is 0.192. The average Bonchev–Trinajstić information content (AvgIpc) is 3.34. The van der Waals surface area contributed by atoms with Crippen LogP contribution in [0, 0.1) is 0 Å². The highest BCUT2D eigenvalue weighted by atomic mass is 32.2. The monoisotopic (exact) mass is 473 g/mol. The zero-order valence-corrected chi connectivity index (χ0v) is 19.4. The molecule has 1 saturated heterocycles. The Morgan fingerprint density at radius 2 is 1.71 bits per heavy atom. The number of rotatable bonds is 6. The summed E-state index contributed by atoms with van der Waals surface area (Å²) < 4.78 is 5.24. The molecule has 5 rings (SSSR count). The molecule has 1 atom stereocenters. The van der Waals surface area contributed by atoms with Crippen molar-refractivity contribution in [3.8, 4) is 5.75 Å². The van der Waals surface area contributed by atoms with Gasteiger partial charge in [0.1, 0.15) is 12.3 Å². The molecule has 172 valence electrons. The quantitative estimate of drug-likeness (QED) is 0.595. The lowest BCUT2D eigenvalue weighted by atomic mass is 10.0. The van der Waals surface area contributed by atoms with Crippen LogP contribution < -0.4 is 19.9 Å². The first-order chi connectivity index (χ1) is 16.5. The fourth-order valence-corrected chi connectivity index (χ4v) is 5.80. The SMILES string of the molecule is COc1ccc(N2C(=O)CS[C@@]23C(=O)N(CC(=O)NCc2ccccc2)c2ccccc23)cc1. The molecule has 0 unspecified atom stereocenters. The number of anilines is 2. The van der Waals surface area contributed by atoms with E-state index in [-0.39, 0.29) is 30.0 Å². The second-order valence-corrected chi connectivity index (χ2v) is 9.20. The van der Waals surface area contributed by atoms with Gasteiger partial charge in [0, 0.05) is 17.8 Å². The van der Waals surface area contributed by atoms with Gasteiger partial charge in [0.25, 0.3) is 5.91 Å². The standard InChI is InChI=1S/C26H23N3O4S/c1-33-20-13-11-19(12-14-20)29-24(31)17-34-26(29)21-9-5-6-10-22(21)28(25(26)32)16-23(30)27-15-18-7-3-2-4-8-18/h2-14H,15-17H2,1H3,(H,27,30)/t26-/m0/s1. The van der Waals surface area contributed by atoms with Crippen LogP contribution in [0.1, 0.15) is 11.1 Å². The van der Waals surface area contributed by atoms with Crippen LogP contribution in [0.15, 0.2) is 78.9 Å². The predicted molar refractivity (Wildman–Crippen MR) is 132 cm³/mol. The summed E-state index contributed by atoms with van der Waals surface area (Å²) in [7, 11) is 1.57. The van der Waals surface area contributed by atoms with Crippen molar-refractivity contribution in [1.29, 1.82) is 0 Å². The van der Waals surface area contributed by atoms with Gasteiger partial charge >= 0.3 is 0 Å². The number of hydrogen-bond acceptors (Lipinski definition) is 5. The molecule has 0 radical (unpaired) electrons. The average molecular weight is 474 g/mol. The molecule has 1 spiro atoms. The van der Waals surface area contributed by atoms with Gasteiger partial charge in [0.2, 0.25) is 16.7 Å². The van der Waals surface area contributed by atoms with Crippen LogP contribution in [0.4, 0.5) is 11.4 Å². The molecular weight excluding hydrogens is 450 g/mol. The third-order valence-corrected chi connectivity index (χ3v) is 7.41. The summed E-state index contributed by atoms with van der Waals surface area (Å²) in [4.78, 5) is 41.6. The number of amides is 3. The molecule has 0 aliphatic carbocycles. The number of fused-ring (bicyclic) bond motifs is 2. The van der Waals surface area contributed by atoms with Gasteiger partial charge in [-0.2, -0.15) is 0 Å². The van der Waals surface area contributed by atoms with E-state index in [1.165, 1.54) is 16.7 Å². The van der Waals surface area contributed by atoms with Crippen molar-refractivity contribution in [1.82, 2.24) is 5.32 Å². The third-order valence-electron chi connectivity index (χ3n) is 6.03. The van der Waals surface area contributed by atoms with Crippen LogP contribution in [-0.4, -0.2) is 37.1 Å². The van der Waals surface area contributed by atoms with Crippen molar-refractivity contribution in [2.24, 2.45) is 0 Å². The molecule has 7 nitrogen and oxygen atoms in total. The minimum absolute atomic E-state index is 0.129. The van der Waals surface area contributed by atoms with E-state index in [1.807, 2.05) is 54.6 Å². The van der Waals surface area contributed by atoms with Crippen LogP contribution in [0.2, 0.25) is 0 Å². The second-order valence-electron chi connectivity index (χ2n) is 8.03. The van der Waals surface area contributed by atoms with Crippen molar-refractivity contribution < 1.29 is 19.1 Å². The van der Waals surface area contributed by atoms with Crippen LogP contribution in [0.3, 0.4) is 0 Å². The Bertz CT molecular complexity index is 1250. The molecule has 1 fully saturated rings. The van der Waals surface area contributed by atoms with Gasteiger partial charge in [-0.25, -0.2) is 0 Å². The normalized spacial score (nSPS) is 19.0. The maximum atomic E-state index is 14.0. The van der Waals surface area contributed by atoms with Crippen molar-refractivity contribution >= 4 is 40.9 Å². The highest BCUT2D eigenvalue weighted by Crippen LogP contribution is 2.55. The van der Waals surface area contributed by atoms with E-state index in [2.05, 4.69) is 5.32 Å². The third kappa shape index (κ3) is 3.60. The first kappa shape index (κ1) is 22.0. The van der Waals surface area contributed by atoms with E-state index in [4.69, 9.17) is 4.74 Å². The van der Waals surface area contributed by atoms with Gasteiger partial charge in [-0.15, -0.1) is 11.8 Å². The van der Waals surface area contributed by atoms with E-state index < -0.39 is 4.87 Å². The molecule has 0 aromatic heterocycles. The second kappa shape index (κ2) is 8.87. The van der Waals surface area contributed by atoms with Crippen LogP contribution in [0.25, 0.3) is 0 Å². The number of nitrogens with zero attached hydrogens (tertiary/aromatic N) is 2. The Kier molecular flexibility index (Phi) is 5.75. The summed E-state index contributed by atoms with van der Waals surface area (Å²) in [6.45, 7) is 0.245. The lowest BCUT2D eigenvalue weighted by molar-refractivity contribution is -0.125. The summed E-state index contributed by atoms with van der Waals surface area (Å²) in [6, 6.07) is 24.0. The first-order valence-corrected chi connectivity index (χ1v) is 11.9.